The van der Waals surface area contributed by atoms with Gasteiger partial charge in [0, 0.05) is 18.0 Å². The van der Waals surface area contributed by atoms with Gasteiger partial charge in [0.25, 0.3) is 0 Å². The summed E-state index contributed by atoms with van der Waals surface area (Å²) in [5, 5.41) is 2.38. The van der Waals surface area contributed by atoms with Gasteiger partial charge in [0.1, 0.15) is 0 Å². The van der Waals surface area contributed by atoms with Crippen LogP contribution in [0.5, 0.6) is 0 Å². The molecule has 0 saturated heterocycles. The van der Waals surface area contributed by atoms with Gasteiger partial charge < -0.3 is 0 Å². The van der Waals surface area contributed by atoms with Gasteiger partial charge in [0.05, 0.1) is 11.0 Å². The van der Waals surface area contributed by atoms with Crippen LogP contribution in [0, 0.1) is 0 Å². The molecule has 2 aliphatic heterocycles. The van der Waals surface area contributed by atoms with E-state index in [9.17, 15) is 0 Å². The molecule has 1 aromatic rings. The highest BCUT2D eigenvalue weighted by Gasteiger charge is 2.08. The second-order valence-corrected chi connectivity index (χ2v) is 3.08. The SMILES string of the molecule is C1=Nc2ccc3c(c2=C1)=NCC3. The summed E-state index contributed by atoms with van der Waals surface area (Å²) >= 11 is 0. The molecule has 3 rings (SSSR count). The van der Waals surface area contributed by atoms with Crippen LogP contribution in [0.2, 0.25) is 0 Å². The number of rotatable bonds is 0. The Bertz CT molecular complexity index is 483. The van der Waals surface area contributed by atoms with Crippen LogP contribution in [0.25, 0.3) is 6.08 Å². The summed E-state index contributed by atoms with van der Waals surface area (Å²) in [6.45, 7) is 0.944. The Hall–Kier alpha value is -1.44. The maximum absolute atomic E-state index is 4.46. The quantitative estimate of drug-likeness (QED) is 0.518. The minimum Gasteiger partial charge on any atom is -0.284 e. The Balaban J connectivity index is 2.54. The lowest BCUT2D eigenvalue weighted by Gasteiger charge is -1.93. The molecule has 0 spiro atoms. The highest BCUT2D eigenvalue weighted by atomic mass is 14.8. The normalized spacial score (nSPS) is 16.7. The molecule has 0 atom stereocenters. The molecule has 0 fully saturated rings. The molecule has 1 aromatic carbocycles. The van der Waals surface area contributed by atoms with Gasteiger partial charge in [-0.05, 0) is 24.1 Å². The molecule has 58 valence electrons. The molecule has 0 unspecified atom stereocenters. The van der Waals surface area contributed by atoms with Crippen molar-refractivity contribution in [1.82, 2.24) is 0 Å². The minimum atomic E-state index is 0.944. The average Bonchev–Trinajstić information content (AvgIpc) is 2.71. The van der Waals surface area contributed by atoms with Crippen molar-refractivity contribution in [2.24, 2.45) is 9.98 Å². The first-order chi connectivity index (χ1) is 5.95. The Kier molecular flexibility index (Phi) is 1.04. The molecule has 2 aliphatic rings. The summed E-state index contributed by atoms with van der Waals surface area (Å²) in [7, 11) is 0. The highest BCUT2D eigenvalue weighted by molar-refractivity contribution is 5.96. The van der Waals surface area contributed by atoms with E-state index in [2.05, 4.69) is 22.1 Å². The van der Waals surface area contributed by atoms with E-state index in [1.165, 1.54) is 16.1 Å². The molecule has 0 saturated carbocycles. The van der Waals surface area contributed by atoms with E-state index in [1.54, 1.807) is 0 Å². The number of hydrogen-bond acceptors (Lipinski definition) is 2. The number of nitrogens with zero attached hydrogens (tertiary/aromatic N) is 2. The molecule has 0 amide bonds. The first-order valence-corrected chi connectivity index (χ1v) is 4.16. The van der Waals surface area contributed by atoms with E-state index in [0.29, 0.717) is 0 Å². The fraction of sp³-hybridized carbons (Fsp3) is 0.200. The second-order valence-electron chi connectivity index (χ2n) is 3.08. The lowest BCUT2D eigenvalue weighted by molar-refractivity contribution is 1.03. The molecular weight excluding hydrogens is 148 g/mol. The van der Waals surface area contributed by atoms with Crippen molar-refractivity contribution in [3.63, 3.8) is 0 Å². The first-order valence-electron chi connectivity index (χ1n) is 4.16. The van der Waals surface area contributed by atoms with Crippen molar-refractivity contribution >= 4 is 18.0 Å². The molecule has 0 aliphatic carbocycles. The zero-order valence-corrected chi connectivity index (χ0v) is 6.62. The summed E-state index contributed by atoms with van der Waals surface area (Å²) in [6, 6.07) is 4.22. The topological polar surface area (TPSA) is 24.7 Å². The largest absolute Gasteiger partial charge is 0.284 e. The predicted molar refractivity (Wildman–Crippen MR) is 48.4 cm³/mol. The summed E-state index contributed by atoms with van der Waals surface area (Å²) in [5.74, 6) is 0. The Labute approximate surface area is 70.0 Å². The van der Waals surface area contributed by atoms with E-state index in [-0.39, 0.29) is 0 Å². The monoisotopic (exact) mass is 156 g/mol. The van der Waals surface area contributed by atoms with Crippen molar-refractivity contribution < 1.29 is 0 Å². The number of fused-ring (bicyclic) bond motifs is 3. The van der Waals surface area contributed by atoms with Crippen molar-refractivity contribution in [2.75, 3.05) is 6.54 Å². The molecule has 2 heterocycles. The summed E-state index contributed by atoms with van der Waals surface area (Å²) in [6.07, 6.45) is 4.98. The molecule has 2 nitrogen and oxygen atoms in total. The van der Waals surface area contributed by atoms with Crippen LogP contribution in [-0.2, 0) is 6.42 Å². The maximum Gasteiger partial charge on any atom is 0.0724 e. The predicted octanol–water partition coefficient (Wildman–Crippen LogP) is 0.359. The standard InChI is InChI=1S/C10H8N2/c1-2-9-8(4-6-11-9)10-7(1)3-5-12-10/h1-2,4,6H,3,5H2. The molecule has 0 radical (unpaired) electrons. The highest BCUT2D eigenvalue weighted by Crippen LogP contribution is 2.08. The van der Waals surface area contributed by atoms with Crippen molar-refractivity contribution in [3.8, 4) is 0 Å². The minimum absolute atomic E-state index is 0.944. The lowest BCUT2D eigenvalue weighted by Crippen LogP contribution is -2.25. The molecule has 0 aromatic heterocycles. The van der Waals surface area contributed by atoms with Crippen molar-refractivity contribution in [3.05, 3.63) is 28.3 Å². The Morgan fingerprint density at radius 1 is 1.25 bits per heavy atom. The van der Waals surface area contributed by atoms with Crippen molar-refractivity contribution in [2.45, 2.75) is 6.42 Å². The summed E-state index contributed by atoms with van der Waals surface area (Å²) in [4.78, 5) is 8.70. The van der Waals surface area contributed by atoms with Crippen LogP contribution in [-0.4, -0.2) is 12.8 Å². The zero-order chi connectivity index (χ0) is 7.97. The van der Waals surface area contributed by atoms with Gasteiger partial charge in [0.15, 0.2) is 0 Å². The molecule has 0 bridgehead atoms. The van der Waals surface area contributed by atoms with Gasteiger partial charge in [-0.2, -0.15) is 0 Å². The number of aliphatic imine (C=N–C) groups is 1. The van der Waals surface area contributed by atoms with Gasteiger partial charge in [0.2, 0.25) is 0 Å². The van der Waals surface area contributed by atoms with Gasteiger partial charge in [-0.25, -0.2) is 0 Å². The average molecular weight is 156 g/mol. The number of benzene rings is 1. The van der Waals surface area contributed by atoms with Crippen LogP contribution in [0.4, 0.5) is 5.69 Å². The summed E-state index contributed by atoms with van der Waals surface area (Å²) < 4.78 is 0. The van der Waals surface area contributed by atoms with Crippen LogP contribution in [0.1, 0.15) is 5.56 Å². The van der Waals surface area contributed by atoms with E-state index < -0.39 is 0 Å². The molecule has 0 N–H and O–H groups in total. The van der Waals surface area contributed by atoms with Crippen LogP contribution in [0.15, 0.2) is 22.1 Å². The third-order valence-electron chi connectivity index (χ3n) is 2.38. The third kappa shape index (κ3) is 0.644. The fourth-order valence-corrected chi connectivity index (χ4v) is 1.79. The first kappa shape index (κ1) is 6.12. The van der Waals surface area contributed by atoms with Gasteiger partial charge in [-0.15, -0.1) is 0 Å². The third-order valence-corrected chi connectivity index (χ3v) is 2.38. The van der Waals surface area contributed by atoms with Crippen molar-refractivity contribution in [1.29, 1.82) is 0 Å². The van der Waals surface area contributed by atoms with E-state index in [4.69, 9.17) is 0 Å². The van der Waals surface area contributed by atoms with Gasteiger partial charge >= 0.3 is 0 Å². The van der Waals surface area contributed by atoms with Crippen LogP contribution >= 0.6 is 0 Å². The Morgan fingerprint density at radius 3 is 3.25 bits per heavy atom. The van der Waals surface area contributed by atoms with Gasteiger partial charge in [-0.1, -0.05) is 6.07 Å². The van der Waals surface area contributed by atoms with E-state index in [1.807, 2.05) is 12.3 Å². The molecule has 12 heavy (non-hydrogen) atoms. The fourth-order valence-electron chi connectivity index (χ4n) is 1.79. The lowest BCUT2D eigenvalue weighted by atomic mass is 10.1. The van der Waals surface area contributed by atoms with E-state index in [0.717, 1.165) is 18.7 Å². The van der Waals surface area contributed by atoms with Gasteiger partial charge in [-0.3, -0.25) is 9.98 Å². The number of hydrogen-bond donors (Lipinski definition) is 0. The second kappa shape index (κ2) is 2.03. The Morgan fingerprint density at radius 2 is 2.25 bits per heavy atom. The van der Waals surface area contributed by atoms with Crippen LogP contribution < -0.4 is 10.6 Å². The maximum atomic E-state index is 4.46. The smallest absolute Gasteiger partial charge is 0.0724 e. The van der Waals surface area contributed by atoms with E-state index >= 15 is 0 Å². The molecular formula is C10H8N2. The molecule has 2 heteroatoms. The zero-order valence-electron chi connectivity index (χ0n) is 6.62. The summed E-state index contributed by atoms with van der Waals surface area (Å²) in [5.41, 5.74) is 2.44. The van der Waals surface area contributed by atoms with Crippen LogP contribution in [0.3, 0.4) is 0 Å².